The minimum atomic E-state index is -5.21. The van der Waals surface area contributed by atoms with E-state index >= 15 is 0 Å². The van der Waals surface area contributed by atoms with Gasteiger partial charge >= 0.3 is 0 Å². The summed E-state index contributed by atoms with van der Waals surface area (Å²) in [5.41, 5.74) is 18.6. The number of carbonyl (C=O) groups is 1. The lowest BCUT2D eigenvalue weighted by atomic mass is 9.92. The summed E-state index contributed by atoms with van der Waals surface area (Å²) in [7, 11) is -15.1. The molecule has 0 bridgehead atoms. The van der Waals surface area contributed by atoms with E-state index in [1.165, 1.54) is 24.3 Å². The number of anilines is 4. The van der Waals surface area contributed by atoms with Crippen LogP contribution in [0, 0.1) is 17.0 Å². The molecule has 0 radical (unpaired) electrons. The van der Waals surface area contributed by atoms with E-state index in [4.69, 9.17) is 17.2 Å². The number of nitrogens with one attached hydrogen (secondary N) is 1. The molecular weight excluding hydrogens is 849 g/mol. The molecule has 0 saturated carbocycles. The third-order valence-electron chi connectivity index (χ3n) is 8.69. The Morgan fingerprint density at radius 3 is 1.80 bits per heavy atom. The first-order valence-electron chi connectivity index (χ1n) is 16.5. The van der Waals surface area contributed by atoms with Gasteiger partial charge in [-0.2, -0.15) is 40.6 Å². The first-order chi connectivity index (χ1) is 28.0. The number of benzene rings is 5. The van der Waals surface area contributed by atoms with Gasteiger partial charge in [0.05, 0.1) is 38.9 Å². The third kappa shape index (κ3) is 8.74. The van der Waals surface area contributed by atoms with Gasteiger partial charge in [-0.1, -0.05) is 30.3 Å². The Hall–Kier alpha value is -7.29. The zero-order chi connectivity index (χ0) is 43.9. The average molecular weight is 877 g/mol. The first-order valence-corrected chi connectivity index (χ1v) is 20.8. The number of non-ortho nitro benzene ring substituents is 1. The van der Waals surface area contributed by atoms with Gasteiger partial charge in [0.15, 0.2) is 5.71 Å². The lowest BCUT2D eigenvalue weighted by Gasteiger charge is -2.20. The minimum Gasteiger partial charge on any atom is -0.398 e. The Morgan fingerprint density at radius 1 is 0.683 bits per heavy atom. The van der Waals surface area contributed by atoms with Crippen molar-refractivity contribution in [1.29, 1.82) is 0 Å². The van der Waals surface area contributed by atoms with Crippen LogP contribution in [-0.4, -0.2) is 55.3 Å². The second-order valence-corrected chi connectivity index (χ2v) is 16.8. The number of nitrogens with zero attached hydrogens (tertiary/aromatic N) is 6. The predicted octanol–water partition coefficient (Wildman–Crippen LogP) is 6.53. The van der Waals surface area contributed by atoms with Crippen molar-refractivity contribution in [3.8, 4) is 11.1 Å². The number of hydrazone groups is 1. The maximum Gasteiger partial charge on any atom is 0.296 e. The largest absolute Gasteiger partial charge is 0.398 e. The Bertz CT molecular complexity index is 3120. The van der Waals surface area contributed by atoms with Crippen molar-refractivity contribution in [2.45, 2.75) is 16.7 Å². The molecule has 60 heavy (non-hydrogen) atoms. The summed E-state index contributed by atoms with van der Waals surface area (Å²) >= 11 is 0. The molecule has 1 aliphatic rings. The standard InChI is InChI=1S/C35H28N10O12S3/c1-17-25(36)16-28(60(55,56)57)32(30(17)37)42-39-21-9-5-18(6-10-21)19-7-11-22(12-8-19)40-44-34-27(59(52,53)54)14-20-13-26(58(49,50)51)33(31(38)29(20)35(34)46)43-41-23-3-2-4-24(15-23)45(47)48/h2-16,40H,36-38H2,1H3,(H,49,50,51)(H,52,53,54)(H,55,56,57)/b42-39?,43-41?,44-34+. The van der Waals surface area contributed by atoms with Crippen LogP contribution in [0.4, 0.5) is 51.2 Å². The number of allylic oxidation sites excluding steroid dienone is 1. The summed E-state index contributed by atoms with van der Waals surface area (Å²) < 4.78 is 103. The van der Waals surface area contributed by atoms with E-state index in [-0.39, 0.29) is 39.8 Å². The lowest BCUT2D eigenvalue weighted by molar-refractivity contribution is -0.384. The number of carbonyl (C=O) groups excluding carboxylic acids is 1. The Balaban J connectivity index is 1.28. The molecule has 0 unspecified atom stereocenters. The molecule has 25 heteroatoms. The quantitative estimate of drug-likeness (QED) is 0.0243. The number of nitrogens with two attached hydrogens (primary N) is 3. The average Bonchev–Trinajstić information content (AvgIpc) is 3.18. The molecule has 308 valence electrons. The highest BCUT2D eigenvalue weighted by Crippen LogP contribution is 2.41. The number of azo groups is 2. The number of nitrogen functional groups attached to an aromatic ring is 3. The molecule has 0 amide bonds. The number of Topliss-reactive ketones (excluding diaryl/α,β-unsaturated/α-hetero) is 1. The molecule has 22 nitrogen and oxygen atoms in total. The Morgan fingerprint density at radius 2 is 1.23 bits per heavy atom. The van der Waals surface area contributed by atoms with Gasteiger partial charge in [0.25, 0.3) is 36.0 Å². The number of ketones is 1. The molecule has 10 N–H and O–H groups in total. The van der Waals surface area contributed by atoms with Crippen LogP contribution in [0.25, 0.3) is 17.2 Å². The number of hydrogen-bond donors (Lipinski definition) is 7. The van der Waals surface area contributed by atoms with E-state index in [9.17, 15) is 53.8 Å². The molecule has 0 spiro atoms. The fraction of sp³-hybridized carbons (Fsp3) is 0.0286. The fourth-order valence-electron chi connectivity index (χ4n) is 5.64. The van der Waals surface area contributed by atoms with Crippen LogP contribution in [-0.2, 0) is 30.4 Å². The topological polar surface area (TPSA) is 375 Å². The van der Waals surface area contributed by atoms with Gasteiger partial charge in [-0.15, -0.1) is 10.2 Å². The van der Waals surface area contributed by atoms with E-state index < -0.39 is 84.0 Å². The van der Waals surface area contributed by atoms with Crippen LogP contribution in [0.1, 0.15) is 21.5 Å². The smallest absolute Gasteiger partial charge is 0.296 e. The number of fused-ring (bicyclic) bond motifs is 1. The number of hydrogen-bond acceptors (Lipinski definition) is 18. The molecule has 0 saturated heterocycles. The highest BCUT2D eigenvalue weighted by molar-refractivity contribution is 7.91. The van der Waals surface area contributed by atoms with Crippen LogP contribution in [0.3, 0.4) is 0 Å². The summed E-state index contributed by atoms with van der Waals surface area (Å²) in [6, 6.07) is 19.1. The van der Waals surface area contributed by atoms with Crippen LogP contribution in [0.15, 0.2) is 125 Å². The number of rotatable bonds is 11. The molecule has 6 rings (SSSR count). The predicted molar refractivity (Wildman–Crippen MR) is 219 cm³/mol. The highest BCUT2D eigenvalue weighted by atomic mass is 32.2. The van der Waals surface area contributed by atoms with Crippen LogP contribution in [0.5, 0.6) is 0 Å². The SMILES string of the molecule is Cc1c(N)cc(S(=O)(=O)O)c(N=Nc2ccc(-c3ccc(N/N=C4/C(=O)c5c(cc(S(=O)(=O)O)c(N=Nc6cccc([N+](=O)[O-])c6)c5N)C=C4S(=O)(=O)O)cc3)cc2)c1N. The Kier molecular flexibility index (Phi) is 11.2. The van der Waals surface area contributed by atoms with Gasteiger partial charge in [-0.05, 0) is 77.7 Å². The number of nitro groups is 1. The molecule has 5 aromatic carbocycles. The van der Waals surface area contributed by atoms with Gasteiger partial charge < -0.3 is 17.2 Å². The van der Waals surface area contributed by atoms with Gasteiger partial charge in [0.2, 0.25) is 5.78 Å². The Labute approximate surface area is 339 Å². The molecule has 0 atom stereocenters. The van der Waals surface area contributed by atoms with E-state index in [0.717, 1.165) is 18.2 Å². The van der Waals surface area contributed by atoms with Gasteiger partial charge in [0, 0.05) is 17.8 Å². The summed E-state index contributed by atoms with van der Waals surface area (Å²) in [5, 5.41) is 30.6. The minimum absolute atomic E-state index is 0.0344. The van der Waals surface area contributed by atoms with Gasteiger partial charge in [-0.25, -0.2) is 0 Å². The van der Waals surface area contributed by atoms with Crippen LogP contribution in [0.2, 0.25) is 0 Å². The molecule has 5 aromatic rings. The first kappa shape index (κ1) is 42.3. The van der Waals surface area contributed by atoms with Crippen molar-refractivity contribution in [3.05, 3.63) is 117 Å². The zero-order valence-corrected chi connectivity index (χ0v) is 32.8. The van der Waals surface area contributed by atoms with E-state index in [1.807, 2.05) is 0 Å². The summed E-state index contributed by atoms with van der Waals surface area (Å²) in [4.78, 5) is 21.6. The molecular formula is C35H28N10O12S3. The molecule has 1 aliphatic carbocycles. The van der Waals surface area contributed by atoms with E-state index in [1.54, 1.807) is 43.3 Å². The third-order valence-corrected chi connectivity index (χ3v) is 11.3. The van der Waals surface area contributed by atoms with Crippen molar-refractivity contribution in [3.63, 3.8) is 0 Å². The zero-order valence-electron chi connectivity index (χ0n) is 30.3. The number of nitro benzene ring substituents is 1. The maximum atomic E-state index is 13.8. The molecule has 0 heterocycles. The molecule has 0 fully saturated rings. The van der Waals surface area contributed by atoms with Crippen molar-refractivity contribution in [2.75, 3.05) is 22.6 Å². The van der Waals surface area contributed by atoms with E-state index in [0.29, 0.717) is 28.8 Å². The van der Waals surface area contributed by atoms with Crippen molar-refractivity contribution < 1.29 is 48.6 Å². The van der Waals surface area contributed by atoms with Crippen molar-refractivity contribution in [2.24, 2.45) is 25.6 Å². The van der Waals surface area contributed by atoms with Gasteiger partial charge in [0.1, 0.15) is 26.1 Å². The normalized spacial score (nSPS) is 14.1. The van der Waals surface area contributed by atoms with Crippen LogP contribution >= 0.6 is 0 Å². The highest BCUT2D eigenvalue weighted by Gasteiger charge is 2.37. The maximum absolute atomic E-state index is 13.8. The lowest BCUT2D eigenvalue weighted by Crippen LogP contribution is -2.28. The molecule has 0 aromatic heterocycles. The monoisotopic (exact) mass is 876 g/mol. The van der Waals surface area contributed by atoms with Crippen LogP contribution < -0.4 is 22.6 Å². The second-order valence-electron chi connectivity index (χ2n) is 12.6. The molecule has 0 aliphatic heterocycles. The van der Waals surface area contributed by atoms with E-state index in [2.05, 4.69) is 31.0 Å². The van der Waals surface area contributed by atoms with Gasteiger partial charge in [-0.3, -0.25) is 34.0 Å². The second kappa shape index (κ2) is 15.8. The fourth-order valence-corrected chi connectivity index (χ4v) is 7.64. The summed E-state index contributed by atoms with van der Waals surface area (Å²) in [6.07, 6.45) is 0.713. The summed E-state index contributed by atoms with van der Waals surface area (Å²) in [5.74, 6) is -1.21. The van der Waals surface area contributed by atoms with Crippen molar-refractivity contribution in [1.82, 2.24) is 0 Å². The van der Waals surface area contributed by atoms with Crippen molar-refractivity contribution >= 4 is 99.1 Å². The summed E-state index contributed by atoms with van der Waals surface area (Å²) in [6.45, 7) is 1.55.